The molecular weight excluding hydrogens is 256 g/mol. The maximum absolute atomic E-state index is 13.2. The molecule has 0 unspecified atom stereocenters. The number of hydrogen-bond acceptors (Lipinski definition) is 2. The molecule has 1 aromatic carbocycles. The Labute approximate surface area is 108 Å². The van der Waals surface area contributed by atoms with Crippen molar-refractivity contribution in [3.8, 4) is 0 Å². The van der Waals surface area contributed by atoms with E-state index in [9.17, 15) is 23.5 Å². The van der Waals surface area contributed by atoms with Gasteiger partial charge in [0.05, 0.1) is 12.1 Å². The summed E-state index contributed by atoms with van der Waals surface area (Å²) in [7, 11) is 0. The van der Waals surface area contributed by atoms with Crippen LogP contribution in [0.4, 0.5) is 13.6 Å². The molecule has 0 bridgehead atoms. The van der Waals surface area contributed by atoms with E-state index in [1.807, 2.05) is 0 Å². The Balaban J connectivity index is 2.38. The number of amides is 1. The second kappa shape index (κ2) is 4.95. The summed E-state index contributed by atoms with van der Waals surface area (Å²) in [6, 6.07) is 1.51. The molecule has 1 amide bonds. The molecule has 1 saturated heterocycles. The van der Waals surface area contributed by atoms with Crippen LogP contribution in [0.2, 0.25) is 0 Å². The molecule has 0 aromatic heterocycles. The maximum Gasteiger partial charge on any atom is 0.408 e. The van der Waals surface area contributed by atoms with Gasteiger partial charge in [-0.2, -0.15) is 0 Å². The van der Waals surface area contributed by atoms with Crippen LogP contribution < -0.4 is 0 Å². The molecule has 0 radical (unpaired) electrons. The summed E-state index contributed by atoms with van der Waals surface area (Å²) >= 11 is 0. The topological polar surface area (TPSA) is 57.6 Å². The van der Waals surface area contributed by atoms with Crippen LogP contribution in [0.25, 0.3) is 0 Å². The molecule has 2 atom stereocenters. The summed E-state index contributed by atoms with van der Waals surface area (Å²) in [5.74, 6) is -1.78. The first-order valence-electron chi connectivity index (χ1n) is 5.88. The first kappa shape index (κ1) is 13.5. The molecule has 1 aliphatic rings. The number of likely N-dealkylation sites (tertiary alicyclic amines) is 1. The Morgan fingerprint density at radius 3 is 2.26 bits per heavy atom. The zero-order valence-corrected chi connectivity index (χ0v) is 10.3. The van der Waals surface area contributed by atoms with Gasteiger partial charge in [0.1, 0.15) is 11.6 Å². The van der Waals surface area contributed by atoms with Crippen molar-refractivity contribution in [2.24, 2.45) is 0 Å². The molecule has 0 saturated carbocycles. The van der Waals surface area contributed by atoms with Crippen molar-refractivity contribution in [1.82, 2.24) is 4.90 Å². The highest BCUT2D eigenvalue weighted by atomic mass is 19.1. The van der Waals surface area contributed by atoms with Crippen molar-refractivity contribution in [1.29, 1.82) is 0 Å². The van der Waals surface area contributed by atoms with Crippen LogP contribution in [-0.2, 0) is 4.79 Å². The number of benzene rings is 1. The van der Waals surface area contributed by atoms with E-state index >= 15 is 0 Å². The molecule has 1 aromatic rings. The largest absolute Gasteiger partial charge is 0.465 e. The zero-order valence-electron chi connectivity index (χ0n) is 10.3. The van der Waals surface area contributed by atoms with Crippen LogP contribution in [0.15, 0.2) is 18.2 Å². The van der Waals surface area contributed by atoms with Gasteiger partial charge in [0.25, 0.3) is 0 Å². The highest BCUT2D eigenvalue weighted by Crippen LogP contribution is 2.37. The third-order valence-corrected chi connectivity index (χ3v) is 3.34. The predicted octanol–water partition coefficient (Wildman–Crippen LogP) is 2.74. The molecule has 1 fully saturated rings. The highest BCUT2D eigenvalue weighted by molar-refractivity contribution is 5.85. The van der Waals surface area contributed by atoms with Gasteiger partial charge >= 0.3 is 6.09 Å². The number of carbonyl (C=O) groups excluding carboxylic acids is 1. The molecule has 4 nitrogen and oxygen atoms in total. The minimum absolute atomic E-state index is 0.239. The summed E-state index contributed by atoms with van der Waals surface area (Å²) in [6.07, 6.45) is -0.517. The molecule has 1 aliphatic heterocycles. The van der Waals surface area contributed by atoms with E-state index in [1.54, 1.807) is 0 Å². The van der Waals surface area contributed by atoms with Crippen molar-refractivity contribution < 1.29 is 23.5 Å². The third-order valence-electron chi connectivity index (χ3n) is 3.34. The van der Waals surface area contributed by atoms with Crippen molar-refractivity contribution in [3.05, 3.63) is 35.4 Å². The molecular formula is C13H13F2NO3. The monoisotopic (exact) mass is 269 g/mol. The molecule has 19 heavy (non-hydrogen) atoms. The van der Waals surface area contributed by atoms with Gasteiger partial charge in [0, 0.05) is 6.07 Å². The molecule has 102 valence electrons. The van der Waals surface area contributed by atoms with Gasteiger partial charge in [-0.25, -0.2) is 13.6 Å². The summed E-state index contributed by atoms with van der Waals surface area (Å²) < 4.78 is 26.4. The number of hydrogen-bond donors (Lipinski definition) is 1. The van der Waals surface area contributed by atoms with Gasteiger partial charge in [0.15, 0.2) is 5.78 Å². The van der Waals surface area contributed by atoms with Crippen LogP contribution in [0.3, 0.4) is 0 Å². The Morgan fingerprint density at radius 1 is 1.21 bits per heavy atom. The van der Waals surface area contributed by atoms with E-state index in [4.69, 9.17) is 0 Å². The second-order valence-corrected chi connectivity index (χ2v) is 4.61. The maximum atomic E-state index is 13.2. The Hall–Kier alpha value is -1.98. The quantitative estimate of drug-likeness (QED) is 0.898. The molecule has 0 aliphatic carbocycles. The van der Waals surface area contributed by atoms with Gasteiger partial charge in [-0.3, -0.25) is 9.69 Å². The summed E-state index contributed by atoms with van der Waals surface area (Å²) in [4.78, 5) is 23.7. The molecule has 1 heterocycles. The van der Waals surface area contributed by atoms with Gasteiger partial charge in [-0.1, -0.05) is 0 Å². The smallest absolute Gasteiger partial charge is 0.408 e. The second-order valence-electron chi connectivity index (χ2n) is 4.61. The number of nitrogens with zero attached hydrogens (tertiary/aromatic N) is 1. The minimum atomic E-state index is -1.26. The van der Waals surface area contributed by atoms with E-state index in [0.717, 1.165) is 23.1 Å². The third kappa shape index (κ3) is 2.57. The standard InChI is InChI=1S/C13H13F2NO3/c1-7(17)11-2-3-12(16(11)13(18)19)8-4-9(14)6-10(15)5-8/h4-6,11-12H,2-3H2,1H3,(H,18,19)/t11-,12+/m1/s1. The van der Waals surface area contributed by atoms with Gasteiger partial charge in [-0.05, 0) is 37.5 Å². The molecule has 2 rings (SSSR count). The number of halogens is 2. The average molecular weight is 269 g/mol. The number of carbonyl (C=O) groups is 2. The summed E-state index contributed by atoms with van der Waals surface area (Å²) in [5.41, 5.74) is 0.239. The number of carboxylic acid groups (broad SMARTS) is 1. The summed E-state index contributed by atoms with van der Waals surface area (Å²) in [6.45, 7) is 1.31. The summed E-state index contributed by atoms with van der Waals surface area (Å²) in [5, 5.41) is 9.19. The van der Waals surface area contributed by atoms with Crippen LogP contribution in [0.5, 0.6) is 0 Å². The van der Waals surface area contributed by atoms with E-state index in [0.29, 0.717) is 12.8 Å². The first-order valence-corrected chi connectivity index (χ1v) is 5.88. The van der Waals surface area contributed by atoms with Crippen molar-refractivity contribution in [2.75, 3.05) is 0 Å². The van der Waals surface area contributed by atoms with Gasteiger partial charge < -0.3 is 5.11 Å². The zero-order chi connectivity index (χ0) is 14.2. The predicted molar refractivity (Wildman–Crippen MR) is 62.7 cm³/mol. The SMILES string of the molecule is CC(=O)[C@H]1CC[C@@H](c2cc(F)cc(F)c2)N1C(=O)O. The number of ketones is 1. The lowest BCUT2D eigenvalue weighted by atomic mass is 10.0. The van der Waals surface area contributed by atoms with E-state index in [1.165, 1.54) is 6.92 Å². The van der Waals surface area contributed by atoms with Gasteiger partial charge in [-0.15, -0.1) is 0 Å². The minimum Gasteiger partial charge on any atom is -0.465 e. The van der Waals surface area contributed by atoms with Crippen molar-refractivity contribution in [2.45, 2.75) is 31.8 Å². The number of rotatable bonds is 2. The lowest BCUT2D eigenvalue weighted by molar-refractivity contribution is -0.121. The van der Waals surface area contributed by atoms with Crippen LogP contribution in [0.1, 0.15) is 31.4 Å². The Kier molecular flexibility index (Phi) is 3.50. The average Bonchev–Trinajstić information content (AvgIpc) is 2.71. The Bertz CT molecular complexity index is 512. The van der Waals surface area contributed by atoms with Crippen LogP contribution in [-0.4, -0.2) is 27.9 Å². The first-order chi connectivity index (χ1) is 8.90. The molecule has 1 N–H and O–H groups in total. The fraction of sp³-hybridized carbons (Fsp3) is 0.385. The van der Waals surface area contributed by atoms with Gasteiger partial charge in [0.2, 0.25) is 0 Å². The lowest BCUT2D eigenvalue weighted by Gasteiger charge is -2.26. The molecule has 0 spiro atoms. The van der Waals surface area contributed by atoms with E-state index < -0.39 is 29.8 Å². The van der Waals surface area contributed by atoms with Crippen molar-refractivity contribution in [3.63, 3.8) is 0 Å². The fourth-order valence-electron chi connectivity index (χ4n) is 2.57. The normalized spacial score (nSPS) is 22.6. The Morgan fingerprint density at radius 2 is 1.79 bits per heavy atom. The fourth-order valence-corrected chi connectivity index (χ4v) is 2.57. The van der Waals surface area contributed by atoms with Crippen LogP contribution in [0, 0.1) is 11.6 Å². The lowest BCUT2D eigenvalue weighted by Crippen LogP contribution is -2.40. The van der Waals surface area contributed by atoms with E-state index in [-0.39, 0.29) is 11.3 Å². The number of Topliss-reactive ketones (excluding diaryl/α,β-unsaturated/α-hetero) is 1. The van der Waals surface area contributed by atoms with Crippen LogP contribution >= 0.6 is 0 Å². The molecule has 6 heteroatoms. The van der Waals surface area contributed by atoms with E-state index in [2.05, 4.69) is 0 Å². The highest BCUT2D eigenvalue weighted by Gasteiger charge is 2.40. The van der Waals surface area contributed by atoms with Crippen molar-refractivity contribution >= 4 is 11.9 Å².